The number of carbonyl (C=O) groups is 1. The summed E-state index contributed by atoms with van der Waals surface area (Å²) in [5.41, 5.74) is 0.916. The third-order valence-electron chi connectivity index (χ3n) is 5.14. The Kier molecular flexibility index (Phi) is 6.53. The standard InChI is InChI=1S/C20H24N2O6S/c1-27-17-7-9-18(10-8-17)29(25,26)22(15-16-5-3-2-4-6-16)20(19(23)21-24)11-13-28-14-12-20/h2-10,24H,11-15H2,1H3,(H,21,23). The van der Waals surface area contributed by atoms with Crippen LogP contribution in [0.1, 0.15) is 18.4 Å². The second-order valence-corrected chi connectivity index (χ2v) is 8.62. The molecule has 2 N–H and O–H groups in total. The van der Waals surface area contributed by atoms with Gasteiger partial charge in [-0.15, -0.1) is 0 Å². The highest BCUT2D eigenvalue weighted by Crippen LogP contribution is 2.35. The molecule has 0 atom stereocenters. The van der Waals surface area contributed by atoms with Crippen LogP contribution in [0, 0.1) is 0 Å². The van der Waals surface area contributed by atoms with E-state index in [2.05, 4.69) is 0 Å². The molecule has 156 valence electrons. The van der Waals surface area contributed by atoms with E-state index in [0.717, 1.165) is 5.56 Å². The van der Waals surface area contributed by atoms with E-state index in [1.165, 1.54) is 23.5 Å². The first-order chi connectivity index (χ1) is 13.9. The van der Waals surface area contributed by atoms with Gasteiger partial charge in [0.15, 0.2) is 0 Å². The predicted molar refractivity (Wildman–Crippen MR) is 105 cm³/mol. The SMILES string of the molecule is COc1ccc(S(=O)(=O)N(Cc2ccccc2)C2(C(=O)NO)CCOCC2)cc1. The quantitative estimate of drug-likeness (QED) is 0.524. The molecule has 1 aliphatic heterocycles. The van der Waals surface area contributed by atoms with E-state index < -0.39 is 21.5 Å². The number of nitrogens with one attached hydrogen (secondary N) is 1. The number of carbonyl (C=O) groups excluding carboxylic acids is 1. The number of methoxy groups -OCH3 is 1. The van der Waals surface area contributed by atoms with Gasteiger partial charge in [0.25, 0.3) is 5.91 Å². The normalized spacial score (nSPS) is 16.4. The number of sulfonamides is 1. The van der Waals surface area contributed by atoms with Gasteiger partial charge in [0, 0.05) is 19.8 Å². The average Bonchev–Trinajstić information content (AvgIpc) is 2.78. The van der Waals surface area contributed by atoms with E-state index in [1.807, 2.05) is 6.07 Å². The molecule has 8 nitrogen and oxygen atoms in total. The number of hydroxylamine groups is 1. The number of rotatable bonds is 7. The molecule has 2 aromatic carbocycles. The van der Waals surface area contributed by atoms with Crippen molar-refractivity contribution in [2.24, 2.45) is 0 Å². The zero-order chi connectivity index (χ0) is 20.9. The van der Waals surface area contributed by atoms with E-state index in [-0.39, 0.29) is 37.5 Å². The predicted octanol–water partition coefficient (Wildman–Crippen LogP) is 1.94. The maximum atomic E-state index is 13.6. The van der Waals surface area contributed by atoms with Gasteiger partial charge >= 0.3 is 0 Å². The van der Waals surface area contributed by atoms with Gasteiger partial charge in [0.2, 0.25) is 10.0 Å². The van der Waals surface area contributed by atoms with Crippen molar-refractivity contribution < 1.29 is 27.9 Å². The van der Waals surface area contributed by atoms with Crippen molar-refractivity contribution in [2.75, 3.05) is 20.3 Å². The molecule has 0 aliphatic carbocycles. The van der Waals surface area contributed by atoms with Crippen LogP contribution in [0.3, 0.4) is 0 Å². The van der Waals surface area contributed by atoms with Crippen LogP contribution in [-0.2, 0) is 26.1 Å². The van der Waals surface area contributed by atoms with Gasteiger partial charge in [-0.1, -0.05) is 30.3 Å². The van der Waals surface area contributed by atoms with Crippen molar-refractivity contribution >= 4 is 15.9 Å². The van der Waals surface area contributed by atoms with Crippen LogP contribution < -0.4 is 10.2 Å². The number of hydrogen-bond donors (Lipinski definition) is 2. The fraction of sp³-hybridized carbons (Fsp3) is 0.350. The summed E-state index contributed by atoms with van der Waals surface area (Å²) in [6.45, 7) is 0.385. The number of nitrogens with zero attached hydrogens (tertiary/aromatic N) is 1. The van der Waals surface area contributed by atoms with Crippen LogP contribution in [0.15, 0.2) is 59.5 Å². The lowest BCUT2D eigenvalue weighted by Crippen LogP contribution is -2.62. The fourth-order valence-corrected chi connectivity index (χ4v) is 5.27. The van der Waals surface area contributed by atoms with E-state index in [0.29, 0.717) is 5.75 Å². The molecule has 0 bridgehead atoms. The van der Waals surface area contributed by atoms with Crippen LogP contribution in [0.25, 0.3) is 0 Å². The lowest BCUT2D eigenvalue weighted by Gasteiger charge is -2.43. The molecule has 2 aromatic rings. The second kappa shape index (κ2) is 8.91. The highest BCUT2D eigenvalue weighted by molar-refractivity contribution is 7.89. The first kappa shape index (κ1) is 21.3. The summed E-state index contributed by atoms with van der Waals surface area (Å²) >= 11 is 0. The Hall–Kier alpha value is -2.46. The molecule has 9 heteroatoms. The maximum absolute atomic E-state index is 13.6. The van der Waals surface area contributed by atoms with Crippen molar-refractivity contribution in [3.05, 3.63) is 60.2 Å². The van der Waals surface area contributed by atoms with Gasteiger partial charge in [-0.05, 0) is 42.7 Å². The topological polar surface area (TPSA) is 105 Å². The second-order valence-electron chi connectivity index (χ2n) is 6.76. The van der Waals surface area contributed by atoms with E-state index in [4.69, 9.17) is 9.47 Å². The number of amides is 1. The molecule has 3 rings (SSSR count). The van der Waals surface area contributed by atoms with Crippen LogP contribution >= 0.6 is 0 Å². The van der Waals surface area contributed by atoms with Crippen molar-refractivity contribution in [1.29, 1.82) is 0 Å². The van der Waals surface area contributed by atoms with E-state index in [1.54, 1.807) is 41.9 Å². The highest BCUT2D eigenvalue weighted by atomic mass is 32.2. The monoisotopic (exact) mass is 420 g/mol. The Morgan fingerprint density at radius 2 is 1.76 bits per heavy atom. The van der Waals surface area contributed by atoms with Crippen LogP contribution in [0.2, 0.25) is 0 Å². The fourth-order valence-electron chi connectivity index (χ4n) is 3.49. The lowest BCUT2D eigenvalue weighted by molar-refractivity contribution is -0.145. The molecule has 0 unspecified atom stereocenters. The van der Waals surface area contributed by atoms with Gasteiger partial charge in [-0.25, -0.2) is 13.9 Å². The van der Waals surface area contributed by atoms with Crippen LogP contribution in [-0.4, -0.2) is 49.7 Å². The lowest BCUT2D eigenvalue weighted by atomic mass is 9.88. The summed E-state index contributed by atoms with van der Waals surface area (Å²) in [5, 5.41) is 9.39. The Morgan fingerprint density at radius 3 is 2.31 bits per heavy atom. The summed E-state index contributed by atoms with van der Waals surface area (Å²) in [7, 11) is -2.59. The van der Waals surface area contributed by atoms with Crippen LogP contribution in [0.4, 0.5) is 0 Å². The van der Waals surface area contributed by atoms with E-state index in [9.17, 15) is 18.4 Å². The Bertz CT molecular complexity index is 925. The summed E-state index contributed by atoms with van der Waals surface area (Å²) in [6, 6.07) is 15.0. The molecular weight excluding hydrogens is 396 g/mol. The first-order valence-corrected chi connectivity index (χ1v) is 10.6. The molecule has 1 amide bonds. The van der Waals surface area contributed by atoms with Crippen LogP contribution in [0.5, 0.6) is 5.75 Å². The summed E-state index contributed by atoms with van der Waals surface area (Å²) in [5.74, 6) is -0.249. The molecule has 1 saturated heterocycles. The summed E-state index contributed by atoms with van der Waals surface area (Å²) in [4.78, 5) is 12.8. The minimum atomic E-state index is -4.09. The third-order valence-corrected chi connectivity index (χ3v) is 7.06. The third kappa shape index (κ3) is 4.27. The zero-order valence-electron chi connectivity index (χ0n) is 16.1. The van der Waals surface area contributed by atoms with Gasteiger partial charge in [-0.3, -0.25) is 10.0 Å². The molecular formula is C20H24N2O6S. The first-order valence-electron chi connectivity index (χ1n) is 9.17. The Labute approximate surface area is 170 Å². The van der Waals surface area contributed by atoms with Gasteiger partial charge in [-0.2, -0.15) is 4.31 Å². The molecule has 0 spiro atoms. The van der Waals surface area contributed by atoms with Crippen molar-refractivity contribution in [1.82, 2.24) is 9.79 Å². The molecule has 1 heterocycles. The number of ether oxygens (including phenoxy) is 2. The minimum absolute atomic E-state index is 0.0252. The van der Waals surface area contributed by atoms with E-state index >= 15 is 0 Å². The van der Waals surface area contributed by atoms with Gasteiger partial charge in [0.1, 0.15) is 11.3 Å². The Balaban J connectivity index is 2.11. The molecule has 0 aromatic heterocycles. The molecule has 1 fully saturated rings. The van der Waals surface area contributed by atoms with Gasteiger partial charge in [0.05, 0.1) is 12.0 Å². The molecule has 1 aliphatic rings. The minimum Gasteiger partial charge on any atom is -0.497 e. The Morgan fingerprint density at radius 1 is 1.14 bits per heavy atom. The van der Waals surface area contributed by atoms with Crippen molar-refractivity contribution in [3.8, 4) is 5.75 Å². The average molecular weight is 420 g/mol. The van der Waals surface area contributed by atoms with Crippen molar-refractivity contribution in [2.45, 2.75) is 29.8 Å². The molecule has 0 radical (unpaired) electrons. The summed E-state index contributed by atoms with van der Waals surface area (Å²) in [6.07, 6.45) is 0.253. The summed E-state index contributed by atoms with van der Waals surface area (Å²) < 4.78 is 38.9. The molecule has 29 heavy (non-hydrogen) atoms. The van der Waals surface area contributed by atoms with Gasteiger partial charge < -0.3 is 9.47 Å². The maximum Gasteiger partial charge on any atom is 0.265 e. The zero-order valence-corrected chi connectivity index (χ0v) is 16.9. The number of benzene rings is 2. The smallest absolute Gasteiger partial charge is 0.265 e. The number of hydrogen-bond acceptors (Lipinski definition) is 6. The molecule has 0 saturated carbocycles. The highest BCUT2D eigenvalue weighted by Gasteiger charge is 2.50. The largest absolute Gasteiger partial charge is 0.497 e. The van der Waals surface area contributed by atoms with Crippen molar-refractivity contribution in [3.63, 3.8) is 0 Å².